The van der Waals surface area contributed by atoms with E-state index in [4.69, 9.17) is 9.47 Å². The Kier molecular flexibility index (Phi) is 7.74. The van der Waals surface area contributed by atoms with Crippen molar-refractivity contribution in [1.82, 2.24) is 5.32 Å². The van der Waals surface area contributed by atoms with Gasteiger partial charge in [-0.15, -0.1) is 0 Å². The molecule has 128 valence electrons. The summed E-state index contributed by atoms with van der Waals surface area (Å²) in [6, 6.07) is 15.3. The molecule has 0 atom stereocenters. The van der Waals surface area contributed by atoms with Crippen LogP contribution in [-0.4, -0.2) is 32.7 Å². The molecular weight excluding hydrogens is 372 g/mol. The standard InChI is InChI=1S/C18H21BrN2O3/c1-23-11-10-20-12-18(22)21-16-6-2-14(3-7-16)13-24-17-8-4-15(19)5-9-17/h2-9,20H,10-13H2,1H3,(H,21,22). The Morgan fingerprint density at radius 1 is 1.08 bits per heavy atom. The van der Waals surface area contributed by atoms with Crippen LogP contribution in [0.15, 0.2) is 53.0 Å². The third-order valence-corrected chi connectivity index (χ3v) is 3.75. The average molecular weight is 393 g/mol. The summed E-state index contributed by atoms with van der Waals surface area (Å²) in [5.41, 5.74) is 1.80. The number of anilines is 1. The fraction of sp³-hybridized carbons (Fsp3) is 0.278. The normalized spacial score (nSPS) is 10.4. The minimum atomic E-state index is -0.0787. The maximum atomic E-state index is 11.8. The highest BCUT2D eigenvalue weighted by Gasteiger charge is 2.02. The summed E-state index contributed by atoms with van der Waals surface area (Å²) in [6.45, 7) is 1.98. The molecule has 5 nitrogen and oxygen atoms in total. The van der Waals surface area contributed by atoms with Crippen LogP contribution in [0, 0.1) is 0 Å². The smallest absolute Gasteiger partial charge is 0.238 e. The van der Waals surface area contributed by atoms with Gasteiger partial charge in [0, 0.05) is 23.8 Å². The second-order valence-electron chi connectivity index (χ2n) is 5.16. The number of benzene rings is 2. The lowest BCUT2D eigenvalue weighted by Crippen LogP contribution is -2.30. The van der Waals surface area contributed by atoms with Gasteiger partial charge in [-0.1, -0.05) is 28.1 Å². The van der Waals surface area contributed by atoms with Crippen LogP contribution in [0.3, 0.4) is 0 Å². The van der Waals surface area contributed by atoms with Crippen molar-refractivity contribution in [3.8, 4) is 5.75 Å². The molecule has 0 fully saturated rings. The van der Waals surface area contributed by atoms with E-state index in [-0.39, 0.29) is 12.5 Å². The molecule has 0 aliphatic rings. The number of carbonyl (C=O) groups is 1. The largest absolute Gasteiger partial charge is 0.489 e. The Bertz CT molecular complexity index is 630. The van der Waals surface area contributed by atoms with Crippen LogP contribution in [0.4, 0.5) is 5.69 Å². The molecule has 2 aromatic carbocycles. The molecule has 2 aromatic rings. The van der Waals surface area contributed by atoms with Crippen LogP contribution in [-0.2, 0) is 16.1 Å². The van der Waals surface area contributed by atoms with Gasteiger partial charge < -0.3 is 20.1 Å². The van der Waals surface area contributed by atoms with Gasteiger partial charge in [-0.3, -0.25) is 4.79 Å². The lowest BCUT2D eigenvalue weighted by Gasteiger charge is -2.09. The maximum absolute atomic E-state index is 11.8. The third kappa shape index (κ3) is 6.70. The van der Waals surface area contributed by atoms with Gasteiger partial charge in [0.25, 0.3) is 0 Å². The van der Waals surface area contributed by atoms with Crippen LogP contribution in [0.25, 0.3) is 0 Å². The van der Waals surface area contributed by atoms with Crippen molar-refractivity contribution >= 4 is 27.5 Å². The SMILES string of the molecule is COCCNCC(=O)Nc1ccc(COc2ccc(Br)cc2)cc1. The van der Waals surface area contributed by atoms with Gasteiger partial charge in [0.2, 0.25) is 5.91 Å². The van der Waals surface area contributed by atoms with Gasteiger partial charge >= 0.3 is 0 Å². The number of hydrogen-bond acceptors (Lipinski definition) is 4. The van der Waals surface area contributed by atoms with Gasteiger partial charge in [0.05, 0.1) is 13.2 Å². The summed E-state index contributed by atoms with van der Waals surface area (Å²) in [7, 11) is 1.63. The monoisotopic (exact) mass is 392 g/mol. The molecule has 0 spiro atoms. The van der Waals surface area contributed by atoms with E-state index in [0.717, 1.165) is 21.5 Å². The quantitative estimate of drug-likeness (QED) is 0.643. The van der Waals surface area contributed by atoms with Crippen LogP contribution in [0.2, 0.25) is 0 Å². The van der Waals surface area contributed by atoms with Crippen LogP contribution >= 0.6 is 15.9 Å². The first kappa shape index (κ1) is 18.4. The zero-order chi connectivity index (χ0) is 17.2. The molecule has 0 aromatic heterocycles. The number of rotatable bonds is 9. The number of halogens is 1. The fourth-order valence-corrected chi connectivity index (χ4v) is 2.23. The number of nitrogens with one attached hydrogen (secondary N) is 2. The van der Waals surface area contributed by atoms with E-state index >= 15 is 0 Å². The summed E-state index contributed by atoms with van der Waals surface area (Å²) in [4.78, 5) is 11.8. The van der Waals surface area contributed by atoms with E-state index in [9.17, 15) is 4.79 Å². The Balaban J connectivity index is 1.75. The first-order valence-corrected chi connectivity index (χ1v) is 8.43. The minimum absolute atomic E-state index is 0.0787. The Morgan fingerprint density at radius 3 is 2.46 bits per heavy atom. The lowest BCUT2D eigenvalue weighted by molar-refractivity contribution is -0.115. The van der Waals surface area contributed by atoms with Crippen LogP contribution in [0.5, 0.6) is 5.75 Å². The molecule has 0 aliphatic carbocycles. The van der Waals surface area contributed by atoms with Crippen LogP contribution < -0.4 is 15.4 Å². The maximum Gasteiger partial charge on any atom is 0.238 e. The average Bonchev–Trinajstić information content (AvgIpc) is 2.59. The van der Waals surface area contributed by atoms with Crippen molar-refractivity contribution < 1.29 is 14.3 Å². The highest BCUT2D eigenvalue weighted by molar-refractivity contribution is 9.10. The predicted octanol–water partition coefficient (Wildman–Crippen LogP) is 3.20. The summed E-state index contributed by atoms with van der Waals surface area (Å²) >= 11 is 3.39. The van der Waals surface area contributed by atoms with Gasteiger partial charge in [0.15, 0.2) is 0 Å². The molecule has 2 rings (SSSR count). The molecule has 1 amide bonds. The highest BCUT2D eigenvalue weighted by atomic mass is 79.9. The molecule has 0 heterocycles. The lowest BCUT2D eigenvalue weighted by atomic mass is 10.2. The van der Waals surface area contributed by atoms with E-state index in [1.165, 1.54) is 0 Å². The number of methoxy groups -OCH3 is 1. The van der Waals surface area contributed by atoms with Gasteiger partial charge in [-0.25, -0.2) is 0 Å². The molecule has 0 aliphatic heterocycles. The topological polar surface area (TPSA) is 59.6 Å². The van der Waals surface area contributed by atoms with Crippen molar-refractivity contribution in [3.63, 3.8) is 0 Å². The van der Waals surface area contributed by atoms with Crippen LogP contribution in [0.1, 0.15) is 5.56 Å². The van der Waals surface area contributed by atoms with Crippen molar-refractivity contribution in [3.05, 3.63) is 58.6 Å². The molecule has 0 unspecified atom stereocenters. The summed E-state index contributed by atoms with van der Waals surface area (Å²) in [5, 5.41) is 5.84. The first-order valence-electron chi connectivity index (χ1n) is 7.64. The van der Waals surface area contributed by atoms with Gasteiger partial charge in [-0.05, 0) is 42.0 Å². The van der Waals surface area contributed by atoms with E-state index in [0.29, 0.717) is 19.8 Å². The van der Waals surface area contributed by atoms with Gasteiger partial charge in [0.1, 0.15) is 12.4 Å². The summed E-state index contributed by atoms with van der Waals surface area (Å²) in [6.07, 6.45) is 0. The number of carbonyl (C=O) groups excluding carboxylic acids is 1. The molecule has 2 N–H and O–H groups in total. The van der Waals surface area contributed by atoms with E-state index in [1.807, 2.05) is 48.5 Å². The second kappa shape index (κ2) is 10.1. The van der Waals surface area contributed by atoms with E-state index in [1.54, 1.807) is 7.11 Å². The van der Waals surface area contributed by atoms with Crippen molar-refractivity contribution in [2.75, 3.05) is 32.1 Å². The second-order valence-corrected chi connectivity index (χ2v) is 6.07. The fourth-order valence-electron chi connectivity index (χ4n) is 1.96. The molecular formula is C18H21BrN2O3. The molecule has 0 saturated heterocycles. The Hall–Kier alpha value is -1.89. The molecule has 0 saturated carbocycles. The zero-order valence-electron chi connectivity index (χ0n) is 13.5. The van der Waals surface area contributed by atoms with E-state index in [2.05, 4.69) is 26.6 Å². The molecule has 0 radical (unpaired) electrons. The zero-order valence-corrected chi connectivity index (χ0v) is 15.1. The van der Waals surface area contributed by atoms with Gasteiger partial charge in [-0.2, -0.15) is 0 Å². The molecule has 6 heteroatoms. The van der Waals surface area contributed by atoms with Crippen molar-refractivity contribution in [1.29, 1.82) is 0 Å². The highest BCUT2D eigenvalue weighted by Crippen LogP contribution is 2.18. The molecule has 0 bridgehead atoms. The van der Waals surface area contributed by atoms with E-state index < -0.39 is 0 Å². The Morgan fingerprint density at radius 2 is 1.79 bits per heavy atom. The number of hydrogen-bond donors (Lipinski definition) is 2. The van der Waals surface area contributed by atoms with Crippen molar-refractivity contribution in [2.24, 2.45) is 0 Å². The predicted molar refractivity (Wildman–Crippen MR) is 98.3 cm³/mol. The number of ether oxygens (including phenoxy) is 2. The molecule has 24 heavy (non-hydrogen) atoms. The first-order chi connectivity index (χ1) is 11.7. The third-order valence-electron chi connectivity index (χ3n) is 3.23. The minimum Gasteiger partial charge on any atom is -0.489 e. The summed E-state index contributed by atoms with van der Waals surface area (Å²) < 4.78 is 11.6. The summed E-state index contributed by atoms with van der Waals surface area (Å²) in [5.74, 6) is 0.739. The number of amides is 1. The Labute approximate surface area is 150 Å². The van der Waals surface area contributed by atoms with Crippen molar-refractivity contribution in [2.45, 2.75) is 6.61 Å².